The number of ether oxygens (including phenoxy) is 4. The highest BCUT2D eigenvalue weighted by molar-refractivity contribution is 9.10. The van der Waals surface area contributed by atoms with Crippen molar-refractivity contribution in [3.05, 3.63) is 49.6 Å². The van der Waals surface area contributed by atoms with Crippen LogP contribution < -0.4 is 9.47 Å². The fourth-order valence-corrected chi connectivity index (χ4v) is 10.6. The number of unbranched alkanes of at least 4 members (excludes halogenated alkanes) is 2. The predicted octanol–water partition coefficient (Wildman–Crippen LogP) is 9.21. The van der Waals surface area contributed by atoms with Crippen LogP contribution in [0.1, 0.15) is 129 Å². The Labute approximate surface area is 327 Å². The normalized spacial score (nSPS) is 24.5. The molecule has 6 rings (SSSR count). The third-order valence-corrected chi connectivity index (χ3v) is 17.5. The van der Waals surface area contributed by atoms with Crippen molar-refractivity contribution in [1.82, 2.24) is 10.1 Å². The number of carbonyl (C=O) groups is 2. The maximum Gasteiger partial charge on any atom is 0.265 e. The van der Waals surface area contributed by atoms with E-state index in [1.807, 2.05) is 26.9 Å². The summed E-state index contributed by atoms with van der Waals surface area (Å²) in [6, 6.07) is -0.522. The highest BCUT2D eigenvalue weighted by Crippen LogP contribution is 2.61. The van der Waals surface area contributed by atoms with Gasteiger partial charge in [0.1, 0.15) is 22.9 Å². The average molecular weight is 836 g/mol. The zero-order chi connectivity index (χ0) is 39.3. The number of benzene rings is 1. The molecule has 54 heavy (non-hydrogen) atoms. The Kier molecular flexibility index (Phi) is 11.9. The number of aliphatic hydroxyl groups is 1. The maximum atomic E-state index is 16.9. The van der Waals surface area contributed by atoms with Gasteiger partial charge in [0.15, 0.2) is 31.8 Å². The maximum absolute atomic E-state index is 16.9. The fourth-order valence-electron chi connectivity index (χ4n) is 8.45. The number of likely N-dealkylation sites (tertiary alicyclic amines) is 1. The summed E-state index contributed by atoms with van der Waals surface area (Å²) in [5.41, 5.74) is -1.49. The first kappa shape index (κ1) is 41.0. The number of aromatic nitrogens is 1. The topological polar surface area (TPSA) is 130 Å². The number of nitrogens with zero attached hydrogens (tertiary/aromatic N) is 2. The number of hydrogen-bond acceptors (Lipinski definition) is 11. The average Bonchev–Trinajstić information content (AvgIpc) is 3.80. The third kappa shape index (κ3) is 6.59. The first-order valence-corrected chi connectivity index (χ1v) is 23.1. The van der Waals surface area contributed by atoms with Crippen molar-refractivity contribution in [2.24, 2.45) is 11.8 Å². The van der Waals surface area contributed by atoms with E-state index in [-0.39, 0.29) is 68.4 Å². The largest absolute Gasteiger partial charge is 0.508 e. The Morgan fingerprint density at radius 3 is 2.28 bits per heavy atom. The monoisotopic (exact) mass is 834 g/mol. The lowest BCUT2D eigenvalue weighted by Gasteiger charge is -2.55. The van der Waals surface area contributed by atoms with E-state index in [9.17, 15) is 5.11 Å². The molecule has 298 valence electrons. The van der Waals surface area contributed by atoms with Crippen LogP contribution in [-0.2, 0) is 20.3 Å². The van der Waals surface area contributed by atoms with E-state index in [2.05, 4.69) is 46.8 Å². The van der Waals surface area contributed by atoms with Crippen LogP contribution in [0, 0.1) is 17.7 Å². The second kappa shape index (κ2) is 15.7. The van der Waals surface area contributed by atoms with Crippen LogP contribution in [-0.4, -0.2) is 81.2 Å². The molecule has 1 fully saturated rings. The van der Waals surface area contributed by atoms with Gasteiger partial charge in [-0.1, -0.05) is 47.5 Å². The van der Waals surface area contributed by atoms with Crippen molar-refractivity contribution in [3.8, 4) is 11.6 Å². The molecule has 1 aromatic carbocycles. The second-order valence-corrected chi connectivity index (χ2v) is 22.1. The van der Waals surface area contributed by atoms with Crippen LogP contribution in [0.5, 0.6) is 11.6 Å². The lowest BCUT2D eigenvalue weighted by Crippen LogP contribution is -2.65. The van der Waals surface area contributed by atoms with Gasteiger partial charge in [-0.2, -0.15) is 0 Å². The van der Waals surface area contributed by atoms with Crippen LogP contribution in [0.25, 0.3) is 0 Å². The van der Waals surface area contributed by atoms with Gasteiger partial charge >= 0.3 is 0 Å². The van der Waals surface area contributed by atoms with Gasteiger partial charge in [-0.25, -0.2) is 4.39 Å². The van der Waals surface area contributed by atoms with Gasteiger partial charge in [-0.05, 0) is 96.8 Å². The van der Waals surface area contributed by atoms with E-state index in [0.717, 1.165) is 45.2 Å². The zero-order valence-electron chi connectivity index (χ0n) is 33.2. The van der Waals surface area contributed by atoms with E-state index in [0.29, 0.717) is 18.8 Å². The molecule has 1 N–H and O–H groups in total. The van der Waals surface area contributed by atoms with Crippen molar-refractivity contribution < 1.29 is 47.0 Å². The first-order valence-electron chi connectivity index (χ1n) is 19.4. The molecule has 14 heteroatoms. The molecule has 0 saturated carbocycles. The molecule has 4 aliphatic rings. The molecule has 0 amide bonds. The van der Waals surface area contributed by atoms with Crippen LogP contribution in [0.2, 0.25) is 18.1 Å². The number of methoxy groups -OCH3 is 2. The second-order valence-electron chi connectivity index (χ2n) is 16.6. The minimum absolute atomic E-state index is 0.0116. The summed E-state index contributed by atoms with van der Waals surface area (Å²) in [5, 5.41) is 16.9. The molecule has 1 aromatic heterocycles. The highest BCUT2D eigenvalue weighted by Gasteiger charge is 2.68. The predicted molar refractivity (Wildman–Crippen MR) is 206 cm³/mol. The fraction of sp³-hybridized carbons (Fsp3) is 0.675. The number of Topliss-reactive ketones (excluding diaryl/α,β-unsaturated/α-hetero) is 2. The summed E-state index contributed by atoms with van der Waals surface area (Å²) in [5.74, 6) is -2.91. The molecule has 2 heterocycles. The Balaban J connectivity index is 1.63. The lowest BCUT2D eigenvalue weighted by molar-refractivity contribution is -0.108. The van der Waals surface area contributed by atoms with Crippen LogP contribution in [0.4, 0.5) is 4.39 Å². The Morgan fingerprint density at radius 1 is 1.06 bits per heavy atom. The number of allylic oxidation sites excluding steroid dienone is 1. The van der Waals surface area contributed by atoms with E-state index >= 15 is 14.0 Å². The molecule has 0 radical (unpaired) electrons. The van der Waals surface area contributed by atoms with Crippen molar-refractivity contribution in [2.45, 2.75) is 122 Å². The number of ketones is 2. The molecule has 0 spiro atoms. The molecule has 1 saturated heterocycles. The number of aliphatic hydroxyl groups excluding tert-OH is 1. The molecular weight excluding hydrogens is 779 g/mol. The van der Waals surface area contributed by atoms with Gasteiger partial charge in [0.05, 0.1) is 34.9 Å². The first-order chi connectivity index (χ1) is 25.6. The molecule has 2 aromatic rings. The number of carbonyl (C=O) groups excluding carboxylic acids is 2. The van der Waals surface area contributed by atoms with Crippen LogP contribution in [0.15, 0.2) is 20.3 Å². The molecular formula is C40H56BrFN2O9Si. The van der Waals surface area contributed by atoms with Gasteiger partial charge in [-0.15, -0.1) is 0 Å². The van der Waals surface area contributed by atoms with Crippen molar-refractivity contribution in [1.29, 1.82) is 0 Å². The minimum atomic E-state index is -2.90. The van der Waals surface area contributed by atoms with Gasteiger partial charge < -0.3 is 33.0 Å². The van der Waals surface area contributed by atoms with E-state index in [1.54, 1.807) is 0 Å². The Morgan fingerprint density at radius 2 is 1.69 bits per heavy atom. The van der Waals surface area contributed by atoms with Crippen molar-refractivity contribution >= 4 is 35.8 Å². The molecule has 11 nitrogen and oxygen atoms in total. The zero-order valence-corrected chi connectivity index (χ0v) is 35.7. The summed E-state index contributed by atoms with van der Waals surface area (Å²) in [7, 11) is -0.0630. The number of fused-ring (bicyclic) bond motifs is 4. The van der Waals surface area contributed by atoms with E-state index in [1.165, 1.54) is 14.2 Å². The Hall–Kier alpha value is -2.62. The SMILES string of the molecule is CCCCOc1noc2c1C(=O)[C@@]1(O[Si](C)(C)C(C)(C)C)C(O)=C3C(=O)c4c(c(F)c(C(OC)OC)c(Br)c4OCCCC)C[C@H]3C[C@H]1[C@@H]2N1CCCC1. The van der Waals surface area contributed by atoms with Gasteiger partial charge in [0.2, 0.25) is 5.78 Å². The number of halogens is 2. The summed E-state index contributed by atoms with van der Waals surface area (Å²) in [4.78, 5) is 32.9. The summed E-state index contributed by atoms with van der Waals surface area (Å²) in [6.07, 6.45) is 4.28. The standard InChI is InChI=1S/C40H56BrFN2O9Si/c1-10-12-18-50-33-26-23(30(42)27(29(33)41)38(48-6)49-7)20-22-21-24-31(44-16-14-15-17-44)34-28(37(43-52-34)51-19-13-11-2)36(47)40(24,35(46)25(22)32(26)45)53-54(8,9)39(3,4)5/h22,24,31,38,46H,10-21H2,1-9H3/t22-,24-,31-,40-/m0/s1. The molecule has 0 unspecified atom stereocenters. The molecule has 4 atom stereocenters. The van der Waals surface area contributed by atoms with Crippen molar-refractivity contribution in [3.63, 3.8) is 0 Å². The summed E-state index contributed by atoms with van der Waals surface area (Å²) >= 11 is 3.54. The van der Waals surface area contributed by atoms with E-state index < -0.39 is 61.2 Å². The van der Waals surface area contributed by atoms with Gasteiger partial charge in [0, 0.05) is 31.3 Å². The number of rotatable bonds is 14. The van der Waals surface area contributed by atoms with Gasteiger partial charge in [0.25, 0.3) is 5.88 Å². The van der Waals surface area contributed by atoms with E-state index in [4.69, 9.17) is 27.9 Å². The molecule has 0 bridgehead atoms. The minimum Gasteiger partial charge on any atom is -0.508 e. The Bertz CT molecular complexity index is 1800. The van der Waals surface area contributed by atoms with Gasteiger partial charge in [-0.3, -0.25) is 14.5 Å². The number of hydrogen-bond donors (Lipinski definition) is 1. The third-order valence-electron chi connectivity index (χ3n) is 12.3. The quantitative estimate of drug-likeness (QED) is 0.111. The van der Waals surface area contributed by atoms with Crippen molar-refractivity contribution in [2.75, 3.05) is 40.5 Å². The smallest absolute Gasteiger partial charge is 0.265 e. The van der Waals surface area contributed by atoms with Crippen LogP contribution >= 0.6 is 15.9 Å². The highest BCUT2D eigenvalue weighted by atomic mass is 79.9. The van der Waals surface area contributed by atoms with Crippen LogP contribution in [0.3, 0.4) is 0 Å². The summed E-state index contributed by atoms with van der Waals surface area (Å²) < 4.78 is 53.9. The molecule has 3 aliphatic carbocycles. The summed E-state index contributed by atoms with van der Waals surface area (Å²) in [6.45, 7) is 16.4. The lowest BCUT2D eigenvalue weighted by atomic mass is 9.58. The molecule has 1 aliphatic heterocycles.